The normalized spacial score (nSPS) is 11.4. The molecule has 0 saturated carbocycles. The van der Waals surface area contributed by atoms with E-state index < -0.39 is 15.9 Å². The van der Waals surface area contributed by atoms with Gasteiger partial charge in [0, 0.05) is 19.6 Å². The van der Waals surface area contributed by atoms with Crippen molar-refractivity contribution in [3.63, 3.8) is 0 Å². The van der Waals surface area contributed by atoms with Crippen molar-refractivity contribution in [2.24, 2.45) is 0 Å². The molecule has 0 radical (unpaired) electrons. The second-order valence-electron chi connectivity index (χ2n) is 5.76. The third-order valence-electron chi connectivity index (χ3n) is 4.13. The van der Waals surface area contributed by atoms with Gasteiger partial charge < -0.3 is 10.1 Å². The summed E-state index contributed by atoms with van der Waals surface area (Å²) in [4.78, 5) is 12.6. The topological polar surface area (TPSA) is 75.7 Å². The van der Waals surface area contributed by atoms with E-state index in [-0.39, 0.29) is 28.6 Å². The summed E-state index contributed by atoms with van der Waals surface area (Å²) in [5.41, 5.74) is 0.837. The van der Waals surface area contributed by atoms with Crippen molar-refractivity contribution < 1.29 is 22.3 Å². The molecule has 0 bridgehead atoms. The molecule has 0 unspecified atom stereocenters. The molecule has 2 rings (SSSR count). The van der Waals surface area contributed by atoms with Gasteiger partial charge in [0.25, 0.3) is 5.91 Å². The molecule has 0 saturated heterocycles. The van der Waals surface area contributed by atoms with Crippen LogP contribution in [0.25, 0.3) is 0 Å². The predicted octanol–water partition coefficient (Wildman–Crippen LogP) is 2.79. The molecule has 0 spiro atoms. The Morgan fingerprint density at radius 1 is 1.11 bits per heavy atom. The highest BCUT2D eigenvalue weighted by molar-refractivity contribution is 7.89. The molecule has 0 atom stereocenters. The molecule has 0 aliphatic carbocycles. The van der Waals surface area contributed by atoms with Crippen LogP contribution in [0.3, 0.4) is 0 Å². The van der Waals surface area contributed by atoms with Crippen molar-refractivity contribution in [3.05, 3.63) is 59.4 Å². The molecule has 0 aromatic heterocycles. The number of sulfonamides is 1. The zero-order valence-corrected chi connectivity index (χ0v) is 16.3. The average Bonchev–Trinajstić information content (AvgIpc) is 2.67. The fourth-order valence-electron chi connectivity index (χ4n) is 2.62. The Bertz CT molecular complexity index is 894. The van der Waals surface area contributed by atoms with Gasteiger partial charge in [-0.15, -0.1) is 0 Å². The quantitative estimate of drug-likeness (QED) is 0.747. The zero-order valence-electron chi connectivity index (χ0n) is 15.5. The van der Waals surface area contributed by atoms with Gasteiger partial charge in [0.2, 0.25) is 10.0 Å². The second-order valence-corrected chi connectivity index (χ2v) is 7.70. The summed E-state index contributed by atoms with van der Waals surface area (Å²) in [6, 6.07) is 9.93. The molecule has 8 heteroatoms. The third kappa shape index (κ3) is 4.84. The van der Waals surface area contributed by atoms with Crippen LogP contribution in [0.5, 0.6) is 5.75 Å². The molecule has 1 N–H and O–H groups in total. The highest BCUT2D eigenvalue weighted by atomic mass is 32.2. The molecule has 0 heterocycles. The Kier molecular flexibility index (Phi) is 6.92. The van der Waals surface area contributed by atoms with Gasteiger partial charge in [-0.25, -0.2) is 12.8 Å². The number of amides is 1. The summed E-state index contributed by atoms with van der Waals surface area (Å²) in [5, 5.41) is 2.70. The number of hydrogen-bond acceptors (Lipinski definition) is 4. The van der Waals surface area contributed by atoms with Gasteiger partial charge in [-0.3, -0.25) is 4.79 Å². The molecule has 0 aliphatic heterocycles. The first kappa shape index (κ1) is 20.9. The Hall–Kier alpha value is -2.45. The summed E-state index contributed by atoms with van der Waals surface area (Å²) in [6.07, 6.45) is 0. The minimum absolute atomic E-state index is 0.0268. The lowest BCUT2D eigenvalue weighted by atomic mass is 10.1. The molecule has 0 fully saturated rings. The first-order valence-electron chi connectivity index (χ1n) is 8.54. The van der Waals surface area contributed by atoms with Crippen molar-refractivity contribution in [1.82, 2.24) is 9.62 Å². The smallest absolute Gasteiger partial charge is 0.255 e. The number of methoxy groups -OCH3 is 1. The lowest BCUT2D eigenvalue weighted by Crippen LogP contribution is -2.31. The van der Waals surface area contributed by atoms with Gasteiger partial charge in [-0.05, 0) is 35.9 Å². The number of carbonyl (C=O) groups is 1. The maximum Gasteiger partial charge on any atom is 0.255 e. The summed E-state index contributed by atoms with van der Waals surface area (Å²) >= 11 is 0. The number of hydrogen-bond donors (Lipinski definition) is 1. The molecule has 6 nitrogen and oxygen atoms in total. The van der Waals surface area contributed by atoms with E-state index in [1.807, 2.05) is 0 Å². The third-order valence-corrected chi connectivity index (χ3v) is 6.17. The van der Waals surface area contributed by atoms with E-state index in [9.17, 15) is 17.6 Å². The summed E-state index contributed by atoms with van der Waals surface area (Å²) in [5.74, 6) is -0.570. The van der Waals surface area contributed by atoms with Gasteiger partial charge >= 0.3 is 0 Å². The van der Waals surface area contributed by atoms with Crippen molar-refractivity contribution in [1.29, 1.82) is 0 Å². The second kappa shape index (κ2) is 8.96. The minimum atomic E-state index is -3.70. The van der Waals surface area contributed by atoms with Crippen LogP contribution in [0.4, 0.5) is 4.39 Å². The van der Waals surface area contributed by atoms with Gasteiger partial charge in [0.15, 0.2) is 0 Å². The number of halogens is 1. The van der Waals surface area contributed by atoms with E-state index in [0.29, 0.717) is 13.1 Å². The van der Waals surface area contributed by atoms with Crippen LogP contribution in [0.1, 0.15) is 29.8 Å². The molecule has 2 aromatic carbocycles. The van der Waals surface area contributed by atoms with E-state index in [1.54, 1.807) is 26.0 Å². The predicted molar refractivity (Wildman–Crippen MR) is 101 cm³/mol. The fraction of sp³-hybridized carbons (Fsp3) is 0.316. The van der Waals surface area contributed by atoms with Crippen LogP contribution in [-0.4, -0.2) is 38.8 Å². The number of rotatable bonds is 8. The molecule has 2 aromatic rings. The Balaban J connectivity index is 2.28. The van der Waals surface area contributed by atoms with Crippen molar-refractivity contribution in [2.45, 2.75) is 25.3 Å². The largest absolute Gasteiger partial charge is 0.496 e. The van der Waals surface area contributed by atoms with E-state index in [0.717, 1.165) is 5.56 Å². The van der Waals surface area contributed by atoms with Gasteiger partial charge in [-0.2, -0.15) is 4.31 Å². The van der Waals surface area contributed by atoms with Crippen LogP contribution >= 0.6 is 0 Å². The van der Waals surface area contributed by atoms with Crippen LogP contribution < -0.4 is 10.1 Å². The van der Waals surface area contributed by atoms with Crippen LogP contribution in [-0.2, 0) is 16.6 Å². The minimum Gasteiger partial charge on any atom is -0.496 e. The molecule has 27 heavy (non-hydrogen) atoms. The van der Waals surface area contributed by atoms with Crippen LogP contribution in [0, 0.1) is 5.82 Å². The molecular formula is C19H23FN2O4S. The molecular weight excluding hydrogens is 371 g/mol. The number of nitrogens with zero attached hydrogens (tertiary/aromatic N) is 1. The summed E-state index contributed by atoms with van der Waals surface area (Å²) in [6.45, 7) is 4.34. The van der Waals surface area contributed by atoms with Gasteiger partial charge in [0.1, 0.15) is 11.6 Å². The summed E-state index contributed by atoms with van der Waals surface area (Å²) < 4.78 is 44.9. The van der Waals surface area contributed by atoms with E-state index >= 15 is 0 Å². The number of benzene rings is 2. The monoisotopic (exact) mass is 394 g/mol. The number of nitrogens with one attached hydrogen (secondary N) is 1. The van der Waals surface area contributed by atoms with E-state index in [4.69, 9.17) is 4.74 Å². The SMILES string of the molecule is CCN(CC)S(=O)(=O)c1ccc(OC)c(C(=O)NCc2ccc(F)cc2)c1. The highest BCUT2D eigenvalue weighted by Gasteiger charge is 2.24. The highest BCUT2D eigenvalue weighted by Crippen LogP contribution is 2.24. The lowest BCUT2D eigenvalue weighted by Gasteiger charge is -2.19. The lowest BCUT2D eigenvalue weighted by molar-refractivity contribution is 0.0947. The Morgan fingerprint density at radius 2 is 1.74 bits per heavy atom. The maximum absolute atomic E-state index is 13.0. The van der Waals surface area contributed by atoms with Gasteiger partial charge in [0.05, 0.1) is 17.6 Å². The van der Waals surface area contributed by atoms with Crippen LogP contribution in [0.15, 0.2) is 47.4 Å². The first-order chi connectivity index (χ1) is 12.8. The first-order valence-corrected chi connectivity index (χ1v) is 9.98. The van der Waals surface area contributed by atoms with Gasteiger partial charge in [-0.1, -0.05) is 26.0 Å². The Morgan fingerprint density at radius 3 is 2.30 bits per heavy atom. The number of ether oxygens (including phenoxy) is 1. The van der Waals surface area contributed by atoms with Crippen LogP contribution in [0.2, 0.25) is 0 Å². The zero-order chi connectivity index (χ0) is 20.0. The maximum atomic E-state index is 13.0. The van der Waals surface area contributed by atoms with Crippen molar-refractivity contribution in [2.75, 3.05) is 20.2 Å². The summed E-state index contributed by atoms with van der Waals surface area (Å²) in [7, 11) is -2.29. The standard InChI is InChI=1S/C19H23FN2O4S/c1-4-22(5-2)27(24,25)16-10-11-18(26-3)17(12-16)19(23)21-13-14-6-8-15(20)9-7-14/h6-12H,4-5,13H2,1-3H3,(H,21,23). The van der Waals surface area contributed by atoms with Crippen molar-refractivity contribution in [3.8, 4) is 5.75 Å². The molecule has 146 valence electrons. The molecule has 1 amide bonds. The van der Waals surface area contributed by atoms with E-state index in [1.165, 1.54) is 41.7 Å². The van der Waals surface area contributed by atoms with E-state index in [2.05, 4.69) is 5.32 Å². The molecule has 0 aliphatic rings. The Labute approximate surface area is 159 Å². The average molecular weight is 394 g/mol. The number of carbonyl (C=O) groups excluding carboxylic acids is 1. The fourth-order valence-corrected chi connectivity index (χ4v) is 4.10. The van der Waals surface area contributed by atoms with Crippen molar-refractivity contribution >= 4 is 15.9 Å².